The largest absolute Gasteiger partial charge is 0.399 e. The summed E-state index contributed by atoms with van der Waals surface area (Å²) in [4.78, 5) is 4.54. The van der Waals surface area contributed by atoms with Crippen LogP contribution >= 0.6 is 31.9 Å². The van der Waals surface area contributed by atoms with Crippen molar-refractivity contribution < 1.29 is 0 Å². The number of aryl methyl sites for hydroxylation is 1. The van der Waals surface area contributed by atoms with Gasteiger partial charge in [0.2, 0.25) is 0 Å². The number of pyridine rings is 1. The fourth-order valence-corrected chi connectivity index (χ4v) is 2.92. The van der Waals surface area contributed by atoms with Gasteiger partial charge in [-0.25, -0.2) is 0 Å². The van der Waals surface area contributed by atoms with Gasteiger partial charge in [-0.05, 0) is 65.3 Å². The van der Waals surface area contributed by atoms with Crippen LogP contribution in [-0.4, -0.2) is 4.98 Å². The minimum Gasteiger partial charge on any atom is -0.399 e. The third-order valence-electron chi connectivity index (χ3n) is 3.16. The molecule has 5 heteroatoms. The standard InChI is InChI=1S/C16H13Br2N3/c1-9-6-15(12-8-11(19)3-5-14(12)20-9)21-16-7-10(17)2-4-13(16)18/h2-8H,19H2,1H3,(H,20,21). The van der Waals surface area contributed by atoms with Crippen molar-refractivity contribution in [2.45, 2.75) is 6.92 Å². The first-order valence-corrected chi connectivity index (χ1v) is 8.00. The van der Waals surface area contributed by atoms with Gasteiger partial charge in [0.05, 0.1) is 11.2 Å². The molecule has 0 aliphatic carbocycles. The predicted octanol–water partition coefficient (Wildman–Crippen LogP) is 5.39. The molecule has 106 valence electrons. The number of halogens is 2. The molecule has 0 amide bonds. The van der Waals surface area contributed by atoms with Crippen LogP contribution in [0.1, 0.15) is 5.69 Å². The lowest BCUT2D eigenvalue weighted by Gasteiger charge is -2.13. The van der Waals surface area contributed by atoms with E-state index in [0.717, 1.165) is 42.6 Å². The number of hydrogen-bond acceptors (Lipinski definition) is 3. The Labute approximate surface area is 139 Å². The van der Waals surface area contributed by atoms with Gasteiger partial charge < -0.3 is 11.1 Å². The Bertz CT molecular complexity index is 831. The average molecular weight is 407 g/mol. The van der Waals surface area contributed by atoms with Crippen LogP contribution in [-0.2, 0) is 0 Å². The molecule has 1 heterocycles. The highest BCUT2D eigenvalue weighted by Crippen LogP contribution is 2.32. The molecule has 0 atom stereocenters. The lowest BCUT2D eigenvalue weighted by atomic mass is 10.1. The first kappa shape index (κ1) is 14.4. The molecule has 0 aliphatic rings. The average Bonchev–Trinajstić information content (AvgIpc) is 2.43. The van der Waals surface area contributed by atoms with Crippen LogP contribution < -0.4 is 11.1 Å². The van der Waals surface area contributed by atoms with Gasteiger partial charge in [-0.1, -0.05) is 15.9 Å². The lowest BCUT2D eigenvalue weighted by molar-refractivity contribution is 1.25. The molecule has 0 fully saturated rings. The number of anilines is 3. The van der Waals surface area contributed by atoms with E-state index in [0.29, 0.717) is 0 Å². The van der Waals surface area contributed by atoms with Crippen LogP contribution in [0, 0.1) is 6.92 Å². The van der Waals surface area contributed by atoms with Crippen molar-refractivity contribution in [3.63, 3.8) is 0 Å². The Morgan fingerprint density at radius 2 is 1.81 bits per heavy atom. The minimum absolute atomic E-state index is 0.726. The van der Waals surface area contributed by atoms with Gasteiger partial charge in [-0.15, -0.1) is 0 Å². The van der Waals surface area contributed by atoms with E-state index in [-0.39, 0.29) is 0 Å². The number of hydrogen-bond donors (Lipinski definition) is 2. The van der Waals surface area contributed by atoms with Crippen LogP contribution in [0.3, 0.4) is 0 Å². The fraction of sp³-hybridized carbons (Fsp3) is 0.0625. The molecular weight excluding hydrogens is 394 g/mol. The van der Waals surface area contributed by atoms with E-state index in [9.17, 15) is 0 Å². The Morgan fingerprint density at radius 1 is 1.00 bits per heavy atom. The summed E-state index contributed by atoms with van der Waals surface area (Å²) in [5.74, 6) is 0. The van der Waals surface area contributed by atoms with E-state index in [1.165, 1.54) is 0 Å². The molecule has 0 unspecified atom stereocenters. The first-order chi connectivity index (χ1) is 10.0. The summed E-state index contributed by atoms with van der Waals surface area (Å²) in [5, 5.41) is 4.46. The molecular formula is C16H13Br2N3. The van der Waals surface area contributed by atoms with Gasteiger partial charge in [0.15, 0.2) is 0 Å². The number of nitrogen functional groups attached to an aromatic ring is 1. The maximum atomic E-state index is 5.91. The molecule has 3 nitrogen and oxygen atoms in total. The van der Waals surface area contributed by atoms with Gasteiger partial charge in [-0.3, -0.25) is 4.98 Å². The number of nitrogens with zero attached hydrogens (tertiary/aromatic N) is 1. The maximum absolute atomic E-state index is 5.91. The third-order valence-corrected chi connectivity index (χ3v) is 4.34. The number of nitrogens with one attached hydrogen (secondary N) is 1. The van der Waals surface area contributed by atoms with Crippen molar-refractivity contribution >= 4 is 59.8 Å². The number of benzene rings is 2. The highest BCUT2D eigenvalue weighted by atomic mass is 79.9. The number of rotatable bonds is 2. The van der Waals surface area contributed by atoms with Gasteiger partial charge in [0.1, 0.15) is 0 Å². The molecule has 0 saturated carbocycles. The zero-order valence-corrected chi connectivity index (χ0v) is 14.5. The second-order valence-electron chi connectivity index (χ2n) is 4.84. The van der Waals surface area contributed by atoms with Crippen molar-refractivity contribution in [2.24, 2.45) is 0 Å². The topological polar surface area (TPSA) is 50.9 Å². The molecule has 0 radical (unpaired) electrons. The Balaban J connectivity index is 2.15. The Hall–Kier alpha value is -1.59. The lowest BCUT2D eigenvalue weighted by Crippen LogP contribution is -1.96. The molecule has 0 saturated heterocycles. The monoisotopic (exact) mass is 405 g/mol. The second kappa shape index (κ2) is 5.66. The zero-order valence-electron chi connectivity index (χ0n) is 11.3. The van der Waals surface area contributed by atoms with Crippen molar-refractivity contribution in [1.29, 1.82) is 0 Å². The van der Waals surface area contributed by atoms with Gasteiger partial charge >= 0.3 is 0 Å². The van der Waals surface area contributed by atoms with E-state index in [4.69, 9.17) is 5.73 Å². The highest BCUT2D eigenvalue weighted by Gasteiger charge is 2.07. The predicted molar refractivity (Wildman–Crippen MR) is 96.0 cm³/mol. The number of nitrogens with two attached hydrogens (primary N) is 1. The third kappa shape index (κ3) is 3.04. The summed E-state index contributed by atoms with van der Waals surface area (Å²) in [5.41, 5.74) is 10.5. The molecule has 3 aromatic rings. The van der Waals surface area contributed by atoms with Crippen LogP contribution in [0.15, 0.2) is 51.4 Å². The Morgan fingerprint density at radius 3 is 2.62 bits per heavy atom. The molecule has 3 N–H and O–H groups in total. The van der Waals surface area contributed by atoms with Crippen molar-refractivity contribution in [3.8, 4) is 0 Å². The molecule has 3 rings (SSSR count). The molecule has 0 aliphatic heterocycles. The summed E-state index contributed by atoms with van der Waals surface area (Å²) in [7, 11) is 0. The molecule has 1 aromatic heterocycles. The van der Waals surface area contributed by atoms with Gasteiger partial charge in [0, 0.05) is 31.4 Å². The summed E-state index contributed by atoms with van der Waals surface area (Å²) >= 11 is 7.05. The van der Waals surface area contributed by atoms with Crippen LogP contribution in [0.5, 0.6) is 0 Å². The van der Waals surface area contributed by atoms with Crippen molar-refractivity contribution in [2.75, 3.05) is 11.1 Å². The van der Waals surface area contributed by atoms with Crippen molar-refractivity contribution in [1.82, 2.24) is 4.98 Å². The van der Waals surface area contributed by atoms with Gasteiger partial charge in [0.25, 0.3) is 0 Å². The molecule has 0 bridgehead atoms. The smallest absolute Gasteiger partial charge is 0.0727 e. The molecule has 2 aromatic carbocycles. The maximum Gasteiger partial charge on any atom is 0.0727 e. The zero-order chi connectivity index (χ0) is 15.0. The Kier molecular flexibility index (Phi) is 3.87. The fourth-order valence-electron chi connectivity index (χ4n) is 2.22. The summed E-state index contributed by atoms with van der Waals surface area (Å²) in [6.07, 6.45) is 0. The normalized spacial score (nSPS) is 10.8. The van der Waals surface area contributed by atoms with E-state index in [2.05, 4.69) is 42.2 Å². The van der Waals surface area contributed by atoms with Crippen LogP contribution in [0.2, 0.25) is 0 Å². The number of aromatic nitrogens is 1. The summed E-state index contributed by atoms with van der Waals surface area (Å²) in [6, 6.07) is 13.8. The van der Waals surface area contributed by atoms with E-state index in [1.54, 1.807) is 0 Å². The van der Waals surface area contributed by atoms with E-state index >= 15 is 0 Å². The second-order valence-corrected chi connectivity index (χ2v) is 6.61. The summed E-state index contributed by atoms with van der Waals surface area (Å²) < 4.78 is 2.01. The minimum atomic E-state index is 0.726. The van der Waals surface area contributed by atoms with Crippen molar-refractivity contribution in [3.05, 3.63) is 57.1 Å². The highest BCUT2D eigenvalue weighted by molar-refractivity contribution is 9.11. The molecule has 21 heavy (non-hydrogen) atoms. The van der Waals surface area contributed by atoms with E-state index in [1.807, 2.05) is 49.4 Å². The first-order valence-electron chi connectivity index (χ1n) is 6.42. The molecule has 0 spiro atoms. The van der Waals surface area contributed by atoms with E-state index < -0.39 is 0 Å². The van der Waals surface area contributed by atoms with Crippen LogP contribution in [0.4, 0.5) is 17.1 Å². The quantitative estimate of drug-likeness (QED) is 0.560. The van der Waals surface area contributed by atoms with Crippen LogP contribution in [0.25, 0.3) is 10.9 Å². The van der Waals surface area contributed by atoms with Gasteiger partial charge in [-0.2, -0.15) is 0 Å². The number of fused-ring (bicyclic) bond motifs is 1. The SMILES string of the molecule is Cc1cc(Nc2cc(Br)ccc2Br)c2cc(N)ccc2n1. The summed E-state index contributed by atoms with van der Waals surface area (Å²) in [6.45, 7) is 1.98.